The van der Waals surface area contributed by atoms with Gasteiger partial charge in [-0.25, -0.2) is 4.68 Å². The summed E-state index contributed by atoms with van der Waals surface area (Å²) in [6.45, 7) is 3.47. The molecule has 102 valence electrons. The molecule has 0 aliphatic rings. The van der Waals surface area contributed by atoms with Crippen molar-refractivity contribution in [1.29, 1.82) is 0 Å². The Morgan fingerprint density at radius 2 is 2.26 bits per heavy atom. The van der Waals surface area contributed by atoms with E-state index in [1.807, 2.05) is 6.92 Å². The molecule has 0 saturated heterocycles. The summed E-state index contributed by atoms with van der Waals surface area (Å²) in [5, 5.41) is 11.1. The van der Waals surface area contributed by atoms with Gasteiger partial charge in [0.05, 0.1) is 13.2 Å². The molecule has 0 amide bonds. The third-order valence-corrected chi connectivity index (χ3v) is 2.98. The Hall–Kier alpha value is -1.80. The highest BCUT2D eigenvalue weighted by Crippen LogP contribution is 2.12. The van der Waals surface area contributed by atoms with Gasteiger partial charge in [0.1, 0.15) is 5.69 Å². The van der Waals surface area contributed by atoms with Crippen molar-refractivity contribution in [3.8, 4) is 11.5 Å². The van der Waals surface area contributed by atoms with Crippen molar-refractivity contribution in [2.75, 3.05) is 13.7 Å². The summed E-state index contributed by atoms with van der Waals surface area (Å²) in [7, 11) is 1.62. The molecule has 0 spiro atoms. The normalized spacial score (nSPS) is 10.8. The van der Waals surface area contributed by atoms with E-state index in [-0.39, 0.29) is 5.56 Å². The Bertz CT molecular complexity index is 672. The highest BCUT2D eigenvalue weighted by Gasteiger charge is 2.11. The van der Waals surface area contributed by atoms with Gasteiger partial charge in [0.2, 0.25) is 0 Å². The number of aromatic amines is 1. The summed E-state index contributed by atoms with van der Waals surface area (Å²) in [5.74, 6) is 0.601. The Balaban J connectivity index is 2.47. The smallest absolute Gasteiger partial charge is 0.266 e. The Kier molecular flexibility index (Phi) is 4.23. The van der Waals surface area contributed by atoms with Crippen LogP contribution in [0.5, 0.6) is 0 Å². The van der Waals surface area contributed by atoms with Crippen molar-refractivity contribution < 1.29 is 4.74 Å². The van der Waals surface area contributed by atoms with Gasteiger partial charge >= 0.3 is 0 Å². The average molecular weight is 281 g/mol. The molecule has 7 nitrogen and oxygen atoms in total. The largest absolute Gasteiger partial charge is 0.383 e. The molecule has 0 unspecified atom stereocenters. The molecular formula is C11H15N5O2S. The average Bonchev–Trinajstić information content (AvgIpc) is 2.78. The molecule has 1 N–H and O–H groups in total. The molecule has 2 aromatic heterocycles. The van der Waals surface area contributed by atoms with E-state index >= 15 is 0 Å². The zero-order chi connectivity index (χ0) is 13.8. The third-order valence-electron chi connectivity index (χ3n) is 2.67. The number of aromatic nitrogens is 5. The van der Waals surface area contributed by atoms with Gasteiger partial charge in [0, 0.05) is 19.7 Å². The lowest BCUT2D eigenvalue weighted by atomic mass is 10.3. The van der Waals surface area contributed by atoms with Gasteiger partial charge in [-0.2, -0.15) is 10.2 Å². The van der Waals surface area contributed by atoms with Gasteiger partial charge in [-0.15, -0.1) is 0 Å². The van der Waals surface area contributed by atoms with Crippen molar-refractivity contribution in [3.05, 3.63) is 27.3 Å². The topological polar surface area (TPSA) is 77.7 Å². The van der Waals surface area contributed by atoms with Crippen LogP contribution in [0.15, 0.2) is 16.9 Å². The van der Waals surface area contributed by atoms with Crippen LogP contribution in [0.3, 0.4) is 0 Å². The van der Waals surface area contributed by atoms with E-state index in [0.717, 1.165) is 0 Å². The van der Waals surface area contributed by atoms with Crippen molar-refractivity contribution in [1.82, 2.24) is 24.5 Å². The maximum absolute atomic E-state index is 11.5. The minimum absolute atomic E-state index is 0.135. The van der Waals surface area contributed by atoms with Crippen LogP contribution in [0.2, 0.25) is 0 Å². The molecule has 0 aromatic carbocycles. The second-order valence-corrected chi connectivity index (χ2v) is 4.26. The summed E-state index contributed by atoms with van der Waals surface area (Å²) in [6.07, 6.45) is 0. The number of hydrogen-bond donors (Lipinski definition) is 1. The molecule has 2 heterocycles. The lowest BCUT2D eigenvalue weighted by Gasteiger charge is -2.07. The van der Waals surface area contributed by atoms with Gasteiger partial charge in [0.25, 0.3) is 5.56 Å². The second kappa shape index (κ2) is 5.89. The van der Waals surface area contributed by atoms with Crippen LogP contribution in [-0.4, -0.2) is 38.3 Å². The van der Waals surface area contributed by atoms with Gasteiger partial charge in [0.15, 0.2) is 10.6 Å². The van der Waals surface area contributed by atoms with E-state index in [2.05, 4.69) is 15.3 Å². The first-order valence-electron chi connectivity index (χ1n) is 5.90. The highest BCUT2D eigenvalue weighted by molar-refractivity contribution is 7.71. The van der Waals surface area contributed by atoms with Crippen molar-refractivity contribution in [2.45, 2.75) is 20.0 Å². The molecule has 2 rings (SSSR count). The fourth-order valence-corrected chi connectivity index (χ4v) is 1.92. The Labute approximate surface area is 114 Å². The monoisotopic (exact) mass is 281 g/mol. The molecule has 0 aliphatic heterocycles. The Morgan fingerprint density at radius 3 is 2.95 bits per heavy atom. The molecule has 2 aromatic rings. The number of aryl methyl sites for hydroxylation is 1. The van der Waals surface area contributed by atoms with Crippen LogP contribution in [0, 0.1) is 4.77 Å². The number of nitrogens with zero attached hydrogens (tertiary/aromatic N) is 4. The predicted molar refractivity (Wildman–Crippen MR) is 72.5 cm³/mol. The highest BCUT2D eigenvalue weighted by atomic mass is 32.1. The number of methoxy groups -OCH3 is 1. The maximum Gasteiger partial charge on any atom is 0.266 e. The van der Waals surface area contributed by atoms with Crippen molar-refractivity contribution in [3.63, 3.8) is 0 Å². The van der Waals surface area contributed by atoms with Gasteiger partial charge in [-0.05, 0) is 25.2 Å². The quantitative estimate of drug-likeness (QED) is 0.821. The summed E-state index contributed by atoms with van der Waals surface area (Å²) in [6, 6.07) is 3.12. The van der Waals surface area contributed by atoms with Crippen LogP contribution in [0.4, 0.5) is 0 Å². The minimum atomic E-state index is -0.135. The zero-order valence-corrected chi connectivity index (χ0v) is 11.6. The Morgan fingerprint density at radius 1 is 1.47 bits per heavy atom. The predicted octanol–water partition coefficient (Wildman–Crippen LogP) is 0.831. The van der Waals surface area contributed by atoms with Crippen LogP contribution >= 0.6 is 12.2 Å². The fraction of sp³-hybridized carbons (Fsp3) is 0.455. The second-order valence-electron chi connectivity index (χ2n) is 3.87. The molecular weight excluding hydrogens is 266 g/mol. The van der Waals surface area contributed by atoms with Crippen LogP contribution in [-0.2, 0) is 17.8 Å². The van der Waals surface area contributed by atoms with E-state index in [4.69, 9.17) is 17.0 Å². The van der Waals surface area contributed by atoms with E-state index in [1.54, 1.807) is 17.7 Å². The van der Waals surface area contributed by atoms with Crippen LogP contribution < -0.4 is 5.56 Å². The molecule has 0 fully saturated rings. The number of nitrogens with one attached hydrogen (secondary N) is 1. The number of rotatable bonds is 5. The van der Waals surface area contributed by atoms with E-state index < -0.39 is 0 Å². The summed E-state index contributed by atoms with van der Waals surface area (Å²) < 4.78 is 8.72. The molecule has 8 heteroatoms. The van der Waals surface area contributed by atoms with Crippen LogP contribution in [0.25, 0.3) is 11.5 Å². The summed E-state index contributed by atoms with van der Waals surface area (Å²) in [5.41, 5.74) is 0.466. The molecule has 0 radical (unpaired) electrons. The third kappa shape index (κ3) is 2.79. The first kappa shape index (κ1) is 13.6. The standard InChI is InChI=1S/C11H15N5O2S/c1-3-16-9(17)5-4-8(14-16)10-12-13-11(19)15(10)6-7-18-2/h4-5H,3,6-7H2,1-2H3,(H,13,19). The van der Waals surface area contributed by atoms with Crippen LogP contribution in [0.1, 0.15) is 6.92 Å². The number of H-pyrrole nitrogens is 1. The summed E-state index contributed by atoms with van der Waals surface area (Å²) in [4.78, 5) is 11.5. The molecule has 0 saturated carbocycles. The van der Waals surface area contributed by atoms with Gasteiger partial charge < -0.3 is 4.74 Å². The van der Waals surface area contributed by atoms with E-state index in [0.29, 0.717) is 36.0 Å². The zero-order valence-electron chi connectivity index (χ0n) is 10.8. The minimum Gasteiger partial charge on any atom is -0.383 e. The molecule has 0 atom stereocenters. The lowest BCUT2D eigenvalue weighted by Crippen LogP contribution is -2.21. The van der Waals surface area contributed by atoms with Crippen molar-refractivity contribution in [2.24, 2.45) is 0 Å². The number of ether oxygens (including phenoxy) is 1. The van der Waals surface area contributed by atoms with E-state index in [9.17, 15) is 4.79 Å². The van der Waals surface area contributed by atoms with Crippen molar-refractivity contribution >= 4 is 12.2 Å². The van der Waals surface area contributed by atoms with Gasteiger partial charge in [-0.3, -0.25) is 14.5 Å². The van der Waals surface area contributed by atoms with Gasteiger partial charge in [-0.1, -0.05) is 0 Å². The lowest BCUT2D eigenvalue weighted by molar-refractivity contribution is 0.187. The summed E-state index contributed by atoms with van der Waals surface area (Å²) >= 11 is 5.17. The molecule has 0 aliphatic carbocycles. The molecule has 19 heavy (non-hydrogen) atoms. The first-order valence-corrected chi connectivity index (χ1v) is 6.31. The van der Waals surface area contributed by atoms with E-state index in [1.165, 1.54) is 10.7 Å². The maximum atomic E-state index is 11.5. The SMILES string of the molecule is CCn1nc(-c2n[nH]c(=S)n2CCOC)ccc1=O. The fourth-order valence-electron chi connectivity index (χ4n) is 1.70. The first-order chi connectivity index (χ1) is 9.17. The number of hydrogen-bond acceptors (Lipinski definition) is 5. The molecule has 0 bridgehead atoms.